The molecule has 0 bridgehead atoms. The van der Waals surface area contributed by atoms with Crippen LogP contribution in [-0.4, -0.2) is 11.8 Å². The number of anilines is 2. The molecule has 3 aliphatic rings. The third-order valence-electron chi connectivity index (χ3n) is 9.32. The third-order valence-corrected chi connectivity index (χ3v) is 9.32. The molecule has 0 fully saturated rings. The van der Waals surface area contributed by atoms with Crippen LogP contribution in [0.15, 0.2) is 120 Å². The van der Waals surface area contributed by atoms with Gasteiger partial charge in [-0.1, -0.05) is 97.1 Å². The number of hydrogen-bond acceptors (Lipinski definition) is 6. The molecule has 8 heteroatoms. The minimum Gasteiger partial charge on any atom is -0.399 e. The van der Waals surface area contributed by atoms with E-state index in [2.05, 4.69) is 18.2 Å². The molecule has 0 aromatic heterocycles. The molecule has 4 aromatic rings. The Morgan fingerprint density at radius 3 is 1.59 bits per heavy atom. The van der Waals surface area contributed by atoms with Crippen LogP contribution in [0.2, 0.25) is 0 Å². The molecular weight excluding hydrogens is 548 g/mol. The molecule has 2 spiro atoms. The first-order valence-electron chi connectivity index (χ1n) is 14.1. The molecular formula is C36H24N6O2. The lowest BCUT2D eigenvalue weighted by Gasteiger charge is -2.43. The van der Waals surface area contributed by atoms with E-state index in [-0.39, 0.29) is 24.4 Å². The van der Waals surface area contributed by atoms with Crippen molar-refractivity contribution < 1.29 is 9.59 Å². The van der Waals surface area contributed by atoms with Crippen molar-refractivity contribution >= 4 is 23.2 Å². The van der Waals surface area contributed by atoms with Crippen LogP contribution in [0.5, 0.6) is 0 Å². The SMILES string of the molecule is N#CC1=C(N)C(C#N)(C#N)[C@]2(C(=O)N(Cc3ccccc3)c3ccccc32)[C@@]12C(=O)N(Cc1ccccc1)c1ccccc12. The molecule has 0 saturated carbocycles. The summed E-state index contributed by atoms with van der Waals surface area (Å²) in [4.78, 5) is 33.7. The molecule has 7 rings (SSSR count). The number of nitrogens with zero attached hydrogens (tertiary/aromatic N) is 5. The molecule has 2 atom stereocenters. The number of fused-ring (bicyclic) bond motifs is 5. The predicted octanol–water partition coefficient (Wildman–Crippen LogP) is 4.74. The van der Waals surface area contributed by atoms with Gasteiger partial charge in [0.25, 0.3) is 0 Å². The maximum atomic E-state index is 15.4. The predicted molar refractivity (Wildman–Crippen MR) is 162 cm³/mol. The Balaban J connectivity index is 1.59. The minimum atomic E-state index is -2.37. The standard InChI is InChI=1S/C36H24N6O2/c37-19-28-31(40)34(22-38,23-39)36(27-16-8-10-18-30(27)42(33(36)44)21-25-13-5-2-6-14-25)35(28)26-15-7-9-17-29(26)41(32(35)43)20-24-11-3-1-4-12-24/h1-18H,20-21,40H2/t35-,36+/m1/s1. The van der Waals surface area contributed by atoms with Crippen LogP contribution in [0, 0.1) is 39.4 Å². The summed E-state index contributed by atoms with van der Waals surface area (Å²) in [6.07, 6.45) is 0. The Bertz CT molecular complexity index is 2020. The zero-order chi connectivity index (χ0) is 30.7. The lowest BCUT2D eigenvalue weighted by atomic mass is 9.50. The van der Waals surface area contributed by atoms with Crippen LogP contribution in [0.1, 0.15) is 22.3 Å². The van der Waals surface area contributed by atoms with Gasteiger partial charge in [0.05, 0.1) is 42.6 Å². The summed E-state index contributed by atoms with van der Waals surface area (Å²) in [6, 6.07) is 38.8. The Hall–Kier alpha value is -6.17. The zero-order valence-corrected chi connectivity index (χ0v) is 23.4. The number of carbonyl (C=O) groups is 2. The van der Waals surface area contributed by atoms with E-state index in [0.29, 0.717) is 22.5 Å². The Morgan fingerprint density at radius 2 is 1.07 bits per heavy atom. The van der Waals surface area contributed by atoms with Crippen LogP contribution >= 0.6 is 0 Å². The van der Waals surface area contributed by atoms with Gasteiger partial charge in [-0.3, -0.25) is 9.59 Å². The summed E-state index contributed by atoms with van der Waals surface area (Å²) in [6.45, 7) is 0.260. The maximum absolute atomic E-state index is 15.4. The van der Waals surface area contributed by atoms with Crippen molar-refractivity contribution in [1.82, 2.24) is 0 Å². The molecule has 2 aliphatic heterocycles. The molecule has 0 radical (unpaired) electrons. The van der Waals surface area contributed by atoms with Gasteiger partial charge in [0.15, 0.2) is 0 Å². The van der Waals surface area contributed by atoms with E-state index in [0.717, 1.165) is 11.1 Å². The van der Waals surface area contributed by atoms with Crippen LogP contribution in [0.3, 0.4) is 0 Å². The number of benzene rings is 4. The molecule has 44 heavy (non-hydrogen) atoms. The van der Waals surface area contributed by atoms with Crippen molar-refractivity contribution in [2.24, 2.45) is 11.1 Å². The zero-order valence-electron chi connectivity index (χ0n) is 23.4. The van der Waals surface area contributed by atoms with Gasteiger partial charge < -0.3 is 15.5 Å². The lowest BCUT2D eigenvalue weighted by molar-refractivity contribution is -0.134. The highest BCUT2D eigenvalue weighted by Crippen LogP contribution is 2.72. The molecule has 2 amide bonds. The molecule has 4 aromatic carbocycles. The number of allylic oxidation sites excluding steroid dienone is 1. The summed E-state index contributed by atoms with van der Waals surface area (Å²) in [5, 5.41) is 32.6. The average molecular weight is 573 g/mol. The number of para-hydroxylation sites is 2. The molecule has 0 saturated heterocycles. The average Bonchev–Trinajstić information content (AvgIpc) is 3.55. The van der Waals surface area contributed by atoms with Crippen molar-refractivity contribution in [3.63, 3.8) is 0 Å². The van der Waals surface area contributed by atoms with Crippen LogP contribution in [0.25, 0.3) is 0 Å². The second-order valence-corrected chi connectivity index (χ2v) is 11.2. The van der Waals surface area contributed by atoms with E-state index in [1.54, 1.807) is 48.5 Å². The molecule has 1 aliphatic carbocycles. The Labute approximate surface area is 254 Å². The van der Waals surface area contributed by atoms with Crippen LogP contribution in [0.4, 0.5) is 11.4 Å². The molecule has 210 valence electrons. The molecule has 2 N–H and O–H groups in total. The summed E-state index contributed by atoms with van der Waals surface area (Å²) in [5.41, 5.74) is 2.67. The number of hydrogen-bond donors (Lipinski definition) is 1. The van der Waals surface area contributed by atoms with Crippen LogP contribution < -0.4 is 15.5 Å². The fraction of sp³-hybridized carbons (Fsp3) is 0.139. The molecule has 0 unspecified atom stereocenters. The van der Waals surface area contributed by atoms with Crippen molar-refractivity contribution in [3.8, 4) is 18.2 Å². The smallest absolute Gasteiger partial charge is 0.244 e. The number of rotatable bonds is 4. The first kappa shape index (κ1) is 26.7. The van der Waals surface area contributed by atoms with Crippen molar-refractivity contribution in [2.45, 2.75) is 23.9 Å². The van der Waals surface area contributed by atoms with Gasteiger partial charge in [0.2, 0.25) is 17.2 Å². The van der Waals surface area contributed by atoms with Gasteiger partial charge in [-0.15, -0.1) is 0 Å². The monoisotopic (exact) mass is 572 g/mol. The van der Waals surface area contributed by atoms with E-state index in [9.17, 15) is 15.8 Å². The van der Waals surface area contributed by atoms with Gasteiger partial charge in [-0.05, 0) is 34.4 Å². The van der Waals surface area contributed by atoms with Gasteiger partial charge in [-0.2, -0.15) is 15.8 Å². The lowest BCUT2D eigenvalue weighted by Crippen LogP contribution is -2.64. The van der Waals surface area contributed by atoms with Gasteiger partial charge in [-0.25, -0.2) is 0 Å². The summed E-state index contributed by atoms with van der Waals surface area (Å²) in [7, 11) is 0. The molecule has 2 heterocycles. The second-order valence-electron chi connectivity index (χ2n) is 11.2. The van der Waals surface area contributed by atoms with Crippen molar-refractivity contribution in [2.75, 3.05) is 9.80 Å². The van der Waals surface area contributed by atoms with Crippen molar-refractivity contribution in [3.05, 3.63) is 143 Å². The van der Waals surface area contributed by atoms with E-state index in [1.807, 2.05) is 60.7 Å². The normalized spacial score (nSPS) is 22.6. The largest absolute Gasteiger partial charge is 0.399 e. The van der Waals surface area contributed by atoms with Crippen molar-refractivity contribution in [1.29, 1.82) is 15.8 Å². The summed E-state index contributed by atoms with van der Waals surface area (Å²) >= 11 is 0. The first-order chi connectivity index (χ1) is 21.4. The van der Waals surface area contributed by atoms with Gasteiger partial charge in [0, 0.05) is 11.4 Å². The van der Waals surface area contributed by atoms with E-state index in [4.69, 9.17) is 5.73 Å². The topological polar surface area (TPSA) is 138 Å². The highest BCUT2D eigenvalue weighted by molar-refractivity contribution is 6.23. The number of carbonyl (C=O) groups excluding carboxylic acids is 2. The fourth-order valence-corrected chi connectivity index (χ4v) is 7.60. The Morgan fingerprint density at radius 1 is 0.614 bits per heavy atom. The quantitative estimate of drug-likeness (QED) is 0.375. The van der Waals surface area contributed by atoms with Crippen LogP contribution in [-0.2, 0) is 33.5 Å². The van der Waals surface area contributed by atoms with Gasteiger partial charge in [0.1, 0.15) is 10.8 Å². The maximum Gasteiger partial charge on any atom is 0.244 e. The van der Waals surface area contributed by atoms with E-state index < -0.39 is 28.1 Å². The summed E-state index contributed by atoms with van der Waals surface area (Å²) in [5.74, 6) is -1.22. The van der Waals surface area contributed by atoms with E-state index >= 15 is 9.59 Å². The Kier molecular flexibility index (Phi) is 5.72. The highest BCUT2D eigenvalue weighted by atomic mass is 16.2. The fourth-order valence-electron chi connectivity index (χ4n) is 7.60. The number of nitriles is 3. The first-order valence-corrected chi connectivity index (χ1v) is 14.1. The highest BCUT2D eigenvalue weighted by Gasteiger charge is 2.85. The number of nitrogens with two attached hydrogens (primary N) is 1. The number of amides is 2. The second kappa shape index (κ2) is 9.42. The van der Waals surface area contributed by atoms with E-state index in [1.165, 1.54) is 9.80 Å². The minimum absolute atomic E-state index is 0.118. The van der Waals surface area contributed by atoms with Gasteiger partial charge >= 0.3 is 0 Å². The third kappa shape index (κ3) is 2.93. The summed E-state index contributed by atoms with van der Waals surface area (Å²) < 4.78 is 0. The molecule has 8 nitrogen and oxygen atoms in total.